The number of hydrogen-bond donors (Lipinski definition) is 2. The number of nitrogens with one attached hydrogen (secondary N) is 2. The molecule has 5 heteroatoms. The van der Waals surface area contributed by atoms with Crippen LogP contribution in [0.15, 0.2) is 91.0 Å². The highest BCUT2D eigenvalue weighted by molar-refractivity contribution is 6.01. The highest BCUT2D eigenvalue weighted by atomic mass is 16.2. The zero-order valence-corrected chi connectivity index (χ0v) is 19.0. The first-order valence-corrected chi connectivity index (χ1v) is 11.6. The van der Waals surface area contributed by atoms with Gasteiger partial charge in [0, 0.05) is 31.4 Å². The Kier molecular flexibility index (Phi) is 6.25. The molecule has 4 aromatic carbocycles. The number of nitrogens with zero attached hydrogens (tertiary/aromatic N) is 1. The lowest BCUT2D eigenvalue weighted by Crippen LogP contribution is -2.28. The molecule has 0 aromatic heterocycles. The van der Waals surface area contributed by atoms with Crippen molar-refractivity contribution in [3.8, 4) is 11.1 Å². The van der Waals surface area contributed by atoms with Crippen LogP contribution < -0.4 is 10.6 Å². The van der Waals surface area contributed by atoms with E-state index in [0.717, 1.165) is 51.7 Å². The lowest BCUT2D eigenvalue weighted by molar-refractivity contribution is -0.128. The van der Waals surface area contributed by atoms with Gasteiger partial charge in [0.1, 0.15) is 0 Å². The Hall–Kier alpha value is -4.12. The summed E-state index contributed by atoms with van der Waals surface area (Å²) >= 11 is 0. The minimum atomic E-state index is -0.239. The van der Waals surface area contributed by atoms with E-state index >= 15 is 0 Å². The van der Waals surface area contributed by atoms with E-state index in [1.807, 2.05) is 65.6 Å². The molecule has 0 radical (unpaired) electrons. The molecule has 170 valence electrons. The molecule has 0 saturated carbocycles. The molecule has 1 fully saturated rings. The fourth-order valence-electron chi connectivity index (χ4n) is 4.51. The quantitative estimate of drug-likeness (QED) is 0.382. The topological polar surface area (TPSA) is 61.4 Å². The van der Waals surface area contributed by atoms with Crippen molar-refractivity contribution in [3.63, 3.8) is 0 Å². The Morgan fingerprint density at radius 1 is 0.853 bits per heavy atom. The number of amides is 3. The van der Waals surface area contributed by atoms with Gasteiger partial charge in [-0.15, -0.1) is 0 Å². The predicted octanol–water partition coefficient (Wildman–Crippen LogP) is 5.95. The third kappa shape index (κ3) is 4.79. The van der Waals surface area contributed by atoms with Crippen LogP contribution in [-0.2, 0) is 17.9 Å². The van der Waals surface area contributed by atoms with E-state index in [1.54, 1.807) is 0 Å². The SMILES string of the molecule is O=C(NCc1ccccc1-c1ccc(CN2CCCC2=O)cc1)Nc1cccc2ccccc12. The van der Waals surface area contributed by atoms with Gasteiger partial charge < -0.3 is 15.5 Å². The van der Waals surface area contributed by atoms with E-state index < -0.39 is 0 Å². The largest absolute Gasteiger partial charge is 0.338 e. The first-order valence-electron chi connectivity index (χ1n) is 11.6. The number of hydrogen-bond acceptors (Lipinski definition) is 2. The van der Waals surface area contributed by atoms with Gasteiger partial charge in [-0.2, -0.15) is 0 Å². The smallest absolute Gasteiger partial charge is 0.319 e. The first-order chi connectivity index (χ1) is 16.7. The summed E-state index contributed by atoms with van der Waals surface area (Å²) in [5, 5.41) is 8.07. The zero-order chi connectivity index (χ0) is 23.3. The molecule has 1 saturated heterocycles. The fraction of sp³-hybridized carbons (Fsp3) is 0.172. The van der Waals surface area contributed by atoms with Gasteiger partial charge in [0.05, 0.1) is 5.69 Å². The van der Waals surface area contributed by atoms with Gasteiger partial charge in [0.2, 0.25) is 5.91 Å². The van der Waals surface area contributed by atoms with Crippen LogP contribution in [0.2, 0.25) is 0 Å². The van der Waals surface area contributed by atoms with Crippen LogP contribution in [0.3, 0.4) is 0 Å². The van der Waals surface area contributed by atoms with E-state index in [4.69, 9.17) is 0 Å². The molecule has 1 aliphatic heterocycles. The van der Waals surface area contributed by atoms with Crippen molar-refractivity contribution in [3.05, 3.63) is 102 Å². The second-order valence-electron chi connectivity index (χ2n) is 8.61. The standard InChI is InChI=1S/C29H27N3O2/c33-28-13-6-18-32(28)20-21-14-16-23(17-15-21)25-10-3-2-8-24(25)19-30-29(34)31-27-12-5-9-22-7-1-4-11-26(22)27/h1-5,7-12,14-17H,6,13,18-20H2,(H2,30,31,34). The van der Waals surface area contributed by atoms with Crippen molar-refractivity contribution in [1.29, 1.82) is 0 Å². The van der Waals surface area contributed by atoms with Crippen LogP contribution in [0.1, 0.15) is 24.0 Å². The summed E-state index contributed by atoms with van der Waals surface area (Å²) in [6, 6.07) is 30.1. The summed E-state index contributed by atoms with van der Waals surface area (Å²) in [6.45, 7) is 1.92. The Balaban J connectivity index is 1.26. The van der Waals surface area contributed by atoms with Crippen LogP contribution in [0.5, 0.6) is 0 Å². The second-order valence-corrected chi connectivity index (χ2v) is 8.61. The van der Waals surface area contributed by atoms with Crippen molar-refractivity contribution < 1.29 is 9.59 Å². The molecule has 1 heterocycles. The zero-order valence-electron chi connectivity index (χ0n) is 19.0. The molecule has 1 aliphatic rings. The molecule has 34 heavy (non-hydrogen) atoms. The van der Waals surface area contributed by atoms with E-state index in [1.165, 1.54) is 0 Å². The summed E-state index contributed by atoms with van der Waals surface area (Å²) in [6.07, 6.45) is 1.61. The van der Waals surface area contributed by atoms with Crippen molar-refractivity contribution in [1.82, 2.24) is 10.2 Å². The molecule has 5 nitrogen and oxygen atoms in total. The number of benzene rings is 4. The summed E-state index contributed by atoms with van der Waals surface area (Å²) in [5.74, 6) is 0.238. The average Bonchev–Trinajstić information content (AvgIpc) is 3.28. The summed E-state index contributed by atoms with van der Waals surface area (Å²) < 4.78 is 0. The molecule has 2 N–H and O–H groups in total. The molecule has 3 amide bonds. The molecular formula is C29H27N3O2. The van der Waals surface area contributed by atoms with Crippen molar-refractivity contribution in [2.75, 3.05) is 11.9 Å². The van der Waals surface area contributed by atoms with E-state index in [0.29, 0.717) is 19.5 Å². The maximum Gasteiger partial charge on any atom is 0.319 e. The number of anilines is 1. The molecule has 0 spiro atoms. The Labute approximate surface area is 199 Å². The third-order valence-electron chi connectivity index (χ3n) is 6.30. The minimum Gasteiger partial charge on any atom is -0.338 e. The minimum absolute atomic E-state index is 0.238. The number of carbonyl (C=O) groups excluding carboxylic acids is 2. The van der Waals surface area contributed by atoms with Crippen molar-refractivity contribution in [2.45, 2.75) is 25.9 Å². The molecular weight excluding hydrogens is 422 g/mol. The van der Waals surface area contributed by atoms with Crippen LogP contribution in [0, 0.1) is 0 Å². The number of fused-ring (bicyclic) bond motifs is 1. The third-order valence-corrected chi connectivity index (χ3v) is 6.30. The van der Waals surface area contributed by atoms with Crippen LogP contribution in [0.25, 0.3) is 21.9 Å². The van der Waals surface area contributed by atoms with E-state index in [9.17, 15) is 9.59 Å². The summed E-state index contributed by atoms with van der Waals surface area (Å²) in [4.78, 5) is 26.5. The van der Waals surface area contributed by atoms with Crippen LogP contribution >= 0.6 is 0 Å². The van der Waals surface area contributed by atoms with Gasteiger partial charge in [-0.25, -0.2) is 4.79 Å². The van der Waals surface area contributed by atoms with Gasteiger partial charge >= 0.3 is 6.03 Å². The monoisotopic (exact) mass is 449 g/mol. The van der Waals surface area contributed by atoms with Gasteiger partial charge in [-0.05, 0) is 40.1 Å². The van der Waals surface area contributed by atoms with Gasteiger partial charge in [-0.3, -0.25) is 4.79 Å². The number of likely N-dealkylation sites (tertiary alicyclic amines) is 1. The van der Waals surface area contributed by atoms with E-state index in [-0.39, 0.29) is 11.9 Å². The normalized spacial score (nSPS) is 13.3. The lowest BCUT2D eigenvalue weighted by Gasteiger charge is -2.16. The highest BCUT2D eigenvalue weighted by Crippen LogP contribution is 2.26. The first kappa shape index (κ1) is 21.7. The Bertz CT molecular complexity index is 1330. The molecule has 0 aliphatic carbocycles. The fourth-order valence-corrected chi connectivity index (χ4v) is 4.51. The Morgan fingerprint density at radius 3 is 2.44 bits per heavy atom. The van der Waals surface area contributed by atoms with Crippen molar-refractivity contribution in [2.24, 2.45) is 0 Å². The van der Waals surface area contributed by atoms with Crippen LogP contribution in [0.4, 0.5) is 10.5 Å². The number of urea groups is 1. The average molecular weight is 450 g/mol. The maximum absolute atomic E-state index is 12.7. The highest BCUT2D eigenvalue weighted by Gasteiger charge is 2.20. The molecule has 0 bridgehead atoms. The summed E-state index contributed by atoms with van der Waals surface area (Å²) in [5.41, 5.74) is 5.12. The predicted molar refractivity (Wildman–Crippen MR) is 136 cm³/mol. The molecule has 0 unspecified atom stereocenters. The molecule has 0 atom stereocenters. The van der Waals surface area contributed by atoms with Crippen LogP contribution in [-0.4, -0.2) is 23.4 Å². The maximum atomic E-state index is 12.7. The number of rotatable bonds is 6. The lowest BCUT2D eigenvalue weighted by atomic mass is 9.98. The van der Waals surface area contributed by atoms with E-state index in [2.05, 4.69) is 41.0 Å². The molecule has 4 aromatic rings. The van der Waals surface area contributed by atoms with Gasteiger partial charge in [-0.1, -0.05) is 84.9 Å². The van der Waals surface area contributed by atoms with Gasteiger partial charge in [0.25, 0.3) is 0 Å². The second kappa shape index (κ2) is 9.79. The number of carbonyl (C=O) groups is 2. The van der Waals surface area contributed by atoms with Crippen molar-refractivity contribution >= 4 is 28.4 Å². The summed E-state index contributed by atoms with van der Waals surface area (Å²) in [7, 11) is 0. The molecule has 5 rings (SSSR count). The van der Waals surface area contributed by atoms with Gasteiger partial charge in [0.15, 0.2) is 0 Å². The Morgan fingerprint density at radius 2 is 1.62 bits per heavy atom.